The number of nitrogens with zero attached hydrogens (tertiary/aromatic N) is 1. The second-order valence-corrected chi connectivity index (χ2v) is 6.65. The third-order valence-corrected chi connectivity index (χ3v) is 5.14. The van der Waals surface area contributed by atoms with Gasteiger partial charge in [0.1, 0.15) is 0 Å². The standard InChI is InChI=1S/C15H30N2/c1-13-6-4-9-17(10-7-13)15(12-16)8-3-5-14(2)11-15/h13-14H,3-12,16H2,1-2H3. The van der Waals surface area contributed by atoms with Crippen molar-refractivity contribution in [1.82, 2.24) is 4.90 Å². The molecule has 100 valence electrons. The van der Waals surface area contributed by atoms with Gasteiger partial charge in [-0.25, -0.2) is 0 Å². The fourth-order valence-corrected chi connectivity index (χ4v) is 3.97. The molecule has 0 spiro atoms. The van der Waals surface area contributed by atoms with Crippen LogP contribution in [0, 0.1) is 11.8 Å². The topological polar surface area (TPSA) is 29.3 Å². The molecule has 1 saturated carbocycles. The van der Waals surface area contributed by atoms with E-state index < -0.39 is 0 Å². The van der Waals surface area contributed by atoms with Crippen molar-refractivity contribution in [3.63, 3.8) is 0 Å². The van der Waals surface area contributed by atoms with Gasteiger partial charge in [0.25, 0.3) is 0 Å². The molecule has 1 heterocycles. The highest BCUT2D eigenvalue weighted by atomic mass is 15.2. The SMILES string of the molecule is CC1CCCN(C2(CN)CCCC(C)C2)CC1. The Kier molecular flexibility index (Phi) is 4.48. The largest absolute Gasteiger partial charge is 0.329 e. The van der Waals surface area contributed by atoms with Crippen LogP contribution in [0.2, 0.25) is 0 Å². The molecule has 0 aromatic rings. The Hall–Kier alpha value is -0.0800. The van der Waals surface area contributed by atoms with Gasteiger partial charge in [-0.3, -0.25) is 4.90 Å². The van der Waals surface area contributed by atoms with Gasteiger partial charge in [0, 0.05) is 12.1 Å². The molecule has 2 heteroatoms. The number of nitrogens with two attached hydrogens (primary N) is 1. The van der Waals surface area contributed by atoms with Crippen LogP contribution in [-0.4, -0.2) is 30.1 Å². The quantitative estimate of drug-likeness (QED) is 0.801. The average Bonchev–Trinajstić information content (AvgIpc) is 2.54. The van der Waals surface area contributed by atoms with Crippen molar-refractivity contribution < 1.29 is 0 Å². The summed E-state index contributed by atoms with van der Waals surface area (Å²) in [4.78, 5) is 2.76. The Morgan fingerprint density at radius 1 is 1.06 bits per heavy atom. The van der Waals surface area contributed by atoms with Crippen molar-refractivity contribution in [2.45, 2.75) is 64.3 Å². The molecule has 1 aliphatic carbocycles. The predicted molar refractivity (Wildman–Crippen MR) is 74.0 cm³/mol. The molecule has 3 atom stereocenters. The summed E-state index contributed by atoms with van der Waals surface area (Å²) in [5, 5.41) is 0. The van der Waals surface area contributed by atoms with Crippen molar-refractivity contribution in [2.24, 2.45) is 17.6 Å². The maximum Gasteiger partial charge on any atom is 0.0334 e. The molecule has 1 aliphatic heterocycles. The van der Waals surface area contributed by atoms with E-state index in [2.05, 4.69) is 18.7 Å². The van der Waals surface area contributed by atoms with E-state index >= 15 is 0 Å². The second-order valence-electron chi connectivity index (χ2n) is 6.65. The third-order valence-electron chi connectivity index (χ3n) is 5.14. The van der Waals surface area contributed by atoms with Crippen LogP contribution in [0.3, 0.4) is 0 Å². The van der Waals surface area contributed by atoms with E-state index in [-0.39, 0.29) is 0 Å². The molecule has 0 radical (unpaired) electrons. The minimum absolute atomic E-state index is 0.349. The minimum atomic E-state index is 0.349. The highest BCUT2D eigenvalue weighted by Crippen LogP contribution is 2.37. The zero-order chi connectivity index (χ0) is 12.3. The van der Waals surface area contributed by atoms with Crippen molar-refractivity contribution in [2.75, 3.05) is 19.6 Å². The first-order chi connectivity index (χ1) is 8.16. The minimum Gasteiger partial charge on any atom is -0.329 e. The Morgan fingerprint density at radius 2 is 1.82 bits per heavy atom. The summed E-state index contributed by atoms with van der Waals surface area (Å²) in [6.45, 7) is 8.25. The van der Waals surface area contributed by atoms with Crippen molar-refractivity contribution >= 4 is 0 Å². The maximum absolute atomic E-state index is 6.18. The molecule has 1 saturated heterocycles. The Bertz CT molecular complexity index is 241. The summed E-state index contributed by atoms with van der Waals surface area (Å²) >= 11 is 0. The lowest BCUT2D eigenvalue weighted by molar-refractivity contribution is 0.0412. The molecule has 2 nitrogen and oxygen atoms in total. The van der Waals surface area contributed by atoms with Crippen LogP contribution in [0.1, 0.15) is 58.8 Å². The van der Waals surface area contributed by atoms with Crippen LogP contribution in [-0.2, 0) is 0 Å². The van der Waals surface area contributed by atoms with Gasteiger partial charge in [0.2, 0.25) is 0 Å². The number of hydrogen-bond donors (Lipinski definition) is 1. The molecule has 2 N–H and O–H groups in total. The summed E-state index contributed by atoms with van der Waals surface area (Å²) in [6, 6.07) is 0. The van der Waals surface area contributed by atoms with E-state index in [1.165, 1.54) is 58.0 Å². The summed E-state index contributed by atoms with van der Waals surface area (Å²) in [5.41, 5.74) is 6.52. The van der Waals surface area contributed by atoms with Crippen LogP contribution in [0.15, 0.2) is 0 Å². The molecule has 17 heavy (non-hydrogen) atoms. The number of likely N-dealkylation sites (tertiary alicyclic amines) is 1. The van der Waals surface area contributed by atoms with Crippen LogP contribution >= 0.6 is 0 Å². The lowest BCUT2D eigenvalue weighted by Gasteiger charge is -2.47. The molecular weight excluding hydrogens is 208 g/mol. The highest BCUT2D eigenvalue weighted by Gasteiger charge is 2.39. The van der Waals surface area contributed by atoms with Crippen LogP contribution in [0.25, 0.3) is 0 Å². The summed E-state index contributed by atoms with van der Waals surface area (Å²) in [5.74, 6) is 1.78. The summed E-state index contributed by atoms with van der Waals surface area (Å²) < 4.78 is 0. The smallest absolute Gasteiger partial charge is 0.0334 e. The average molecular weight is 238 g/mol. The molecule has 0 aromatic carbocycles. The van der Waals surface area contributed by atoms with E-state index in [1.54, 1.807) is 0 Å². The predicted octanol–water partition coefficient (Wildman–Crippen LogP) is 3.02. The van der Waals surface area contributed by atoms with E-state index in [0.717, 1.165) is 18.4 Å². The van der Waals surface area contributed by atoms with Crippen molar-refractivity contribution in [1.29, 1.82) is 0 Å². The zero-order valence-corrected chi connectivity index (χ0v) is 11.8. The van der Waals surface area contributed by atoms with Gasteiger partial charge in [0.15, 0.2) is 0 Å². The van der Waals surface area contributed by atoms with E-state index in [0.29, 0.717) is 5.54 Å². The molecule has 2 aliphatic rings. The van der Waals surface area contributed by atoms with Gasteiger partial charge in [-0.05, 0) is 57.0 Å². The molecular formula is C15H30N2. The van der Waals surface area contributed by atoms with Gasteiger partial charge in [-0.15, -0.1) is 0 Å². The molecule has 0 bridgehead atoms. The molecule has 0 aromatic heterocycles. The van der Waals surface area contributed by atoms with E-state index in [4.69, 9.17) is 5.73 Å². The fraction of sp³-hybridized carbons (Fsp3) is 1.00. The molecule has 2 fully saturated rings. The summed E-state index contributed by atoms with van der Waals surface area (Å²) in [7, 11) is 0. The van der Waals surface area contributed by atoms with E-state index in [9.17, 15) is 0 Å². The highest BCUT2D eigenvalue weighted by molar-refractivity contribution is 4.96. The first kappa shape index (κ1) is 13.4. The van der Waals surface area contributed by atoms with Gasteiger partial charge in [-0.2, -0.15) is 0 Å². The normalized spacial score (nSPS) is 41.1. The van der Waals surface area contributed by atoms with E-state index in [1.807, 2.05) is 0 Å². The third kappa shape index (κ3) is 3.03. The van der Waals surface area contributed by atoms with Gasteiger partial charge in [-0.1, -0.05) is 26.7 Å². The van der Waals surface area contributed by atoms with Gasteiger partial charge >= 0.3 is 0 Å². The monoisotopic (exact) mass is 238 g/mol. The second kappa shape index (κ2) is 5.71. The first-order valence-electron chi connectivity index (χ1n) is 7.61. The Balaban J connectivity index is 2.05. The van der Waals surface area contributed by atoms with Crippen molar-refractivity contribution in [3.05, 3.63) is 0 Å². The van der Waals surface area contributed by atoms with Crippen LogP contribution in [0.5, 0.6) is 0 Å². The Morgan fingerprint density at radius 3 is 2.53 bits per heavy atom. The van der Waals surface area contributed by atoms with Gasteiger partial charge in [0.05, 0.1) is 0 Å². The molecule has 3 unspecified atom stereocenters. The van der Waals surface area contributed by atoms with Crippen LogP contribution in [0.4, 0.5) is 0 Å². The Labute approximate surface area is 107 Å². The first-order valence-corrected chi connectivity index (χ1v) is 7.61. The lowest BCUT2D eigenvalue weighted by atomic mass is 9.75. The van der Waals surface area contributed by atoms with Crippen LogP contribution < -0.4 is 5.73 Å². The lowest BCUT2D eigenvalue weighted by Crippen LogP contribution is -2.56. The van der Waals surface area contributed by atoms with Crippen molar-refractivity contribution in [3.8, 4) is 0 Å². The fourth-order valence-electron chi connectivity index (χ4n) is 3.97. The maximum atomic E-state index is 6.18. The molecule has 2 rings (SSSR count). The van der Waals surface area contributed by atoms with Gasteiger partial charge < -0.3 is 5.73 Å². The number of hydrogen-bond acceptors (Lipinski definition) is 2. The number of rotatable bonds is 2. The molecule has 0 amide bonds. The zero-order valence-electron chi connectivity index (χ0n) is 11.8. The summed E-state index contributed by atoms with van der Waals surface area (Å²) in [6.07, 6.45) is 9.61.